The van der Waals surface area contributed by atoms with E-state index in [2.05, 4.69) is 25.9 Å². The number of H-pyrrole nitrogens is 1. The predicted octanol–water partition coefficient (Wildman–Crippen LogP) is 2.15. The Hall–Kier alpha value is -2.60. The molecule has 0 radical (unpaired) electrons. The van der Waals surface area contributed by atoms with E-state index in [1.165, 1.54) is 0 Å². The van der Waals surface area contributed by atoms with Crippen LogP contribution in [-0.2, 0) is 19.5 Å². The number of rotatable bonds is 3. The minimum atomic E-state index is 0.0322. The van der Waals surface area contributed by atoms with Gasteiger partial charge in [-0.15, -0.1) is 0 Å². The zero-order chi connectivity index (χ0) is 16.8. The molecule has 5 rings (SSSR count). The molecule has 0 spiro atoms. The van der Waals surface area contributed by atoms with Crippen LogP contribution < -0.4 is 5.56 Å². The fourth-order valence-corrected chi connectivity index (χ4v) is 3.49. The van der Waals surface area contributed by atoms with Crippen molar-refractivity contribution in [1.82, 2.24) is 24.8 Å². The van der Waals surface area contributed by atoms with Gasteiger partial charge in [-0.1, -0.05) is 0 Å². The standard InChI is InChI=1S/C19H19N5O/c25-19-15-11-24(9-7-16(15)22-18(23-19)13-3-4-13)10-14-6-5-12-2-1-8-20-17(12)21-14/h1-2,5-6,8,13H,3-4,7,9-11H2,(H,22,23,25). The quantitative estimate of drug-likeness (QED) is 0.795. The molecule has 2 aliphatic rings. The van der Waals surface area contributed by atoms with Crippen LogP contribution in [0.4, 0.5) is 0 Å². The summed E-state index contributed by atoms with van der Waals surface area (Å²) in [6.07, 6.45) is 4.88. The van der Waals surface area contributed by atoms with Crippen molar-refractivity contribution in [3.05, 3.63) is 63.6 Å². The van der Waals surface area contributed by atoms with Gasteiger partial charge in [0.2, 0.25) is 0 Å². The molecular weight excluding hydrogens is 314 g/mol. The summed E-state index contributed by atoms with van der Waals surface area (Å²) in [5.41, 5.74) is 3.58. The number of fused-ring (bicyclic) bond motifs is 2. The van der Waals surface area contributed by atoms with Crippen LogP contribution in [0.25, 0.3) is 11.0 Å². The topological polar surface area (TPSA) is 74.8 Å². The average molecular weight is 333 g/mol. The van der Waals surface area contributed by atoms with Crippen molar-refractivity contribution in [2.24, 2.45) is 0 Å². The minimum absolute atomic E-state index is 0.0322. The van der Waals surface area contributed by atoms with Crippen molar-refractivity contribution >= 4 is 11.0 Å². The van der Waals surface area contributed by atoms with Gasteiger partial charge < -0.3 is 4.98 Å². The number of aromatic nitrogens is 4. The summed E-state index contributed by atoms with van der Waals surface area (Å²) in [7, 11) is 0. The molecule has 0 atom stereocenters. The third kappa shape index (κ3) is 2.82. The Labute approximate surface area is 145 Å². The van der Waals surface area contributed by atoms with Gasteiger partial charge in [0.15, 0.2) is 5.65 Å². The lowest BCUT2D eigenvalue weighted by Gasteiger charge is -2.27. The molecule has 4 heterocycles. The molecule has 0 amide bonds. The fourth-order valence-electron chi connectivity index (χ4n) is 3.49. The Balaban J connectivity index is 1.38. The zero-order valence-electron chi connectivity index (χ0n) is 13.9. The zero-order valence-corrected chi connectivity index (χ0v) is 13.9. The minimum Gasteiger partial charge on any atom is -0.310 e. The molecule has 1 aliphatic carbocycles. The summed E-state index contributed by atoms with van der Waals surface area (Å²) in [6.45, 7) is 2.25. The van der Waals surface area contributed by atoms with Gasteiger partial charge in [0.1, 0.15) is 5.82 Å². The molecule has 1 fully saturated rings. The molecule has 3 aromatic heterocycles. The first-order valence-corrected chi connectivity index (χ1v) is 8.81. The second kappa shape index (κ2) is 5.74. The van der Waals surface area contributed by atoms with E-state index in [4.69, 9.17) is 4.98 Å². The van der Waals surface area contributed by atoms with Crippen LogP contribution in [0.2, 0.25) is 0 Å². The second-order valence-electron chi connectivity index (χ2n) is 6.96. The highest BCUT2D eigenvalue weighted by Crippen LogP contribution is 2.37. The number of aromatic amines is 1. The van der Waals surface area contributed by atoms with Gasteiger partial charge in [-0.3, -0.25) is 9.69 Å². The molecule has 1 saturated carbocycles. The Morgan fingerprint density at radius 3 is 3.00 bits per heavy atom. The van der Waals surface area contributed by atoms with Gasteiger partial charge in [-0.05, 0) is 37.1 Å². The third-order valence-electron chi connectivity index (χ3n) is 5.04. The van der Waals surface area contributed by atoms with E-state index in [0.717, 1.165) is 66.2 Å². The molecule has 1 aliphatic heterocycles. The first-order chi connectivity index (χ1) is 12.3. The van der Waals surface area contributed by atoms with Crippen LogP contribution in [0.15, 0.2) is 35.3 Å². The van der Waals surface area contributed by atoms with Gasteiger partial charge in [0.25, 0.3) is 5.56 Å². The van der Waals surface area contributed by atoms with Crippen LogP contribution in [0.5, 0.6) is 0 Å². The highest BCUT2D eigenvalue weighted by atomic mass is 16.1. The van der Waals surface area contributed by atoms with E-state index < -0.39 is 0 Å². The Kier molecular flexibility index (Phi) is 3.38. The maximum Gasteiger partial charge on any atom is 0.255 e. The molecule has 126 valence electrons. The van der Waals surface area contributed by atoms with Crippen LogP contribution in [-0.4, -0.2) is 31.4 Å². The van der Waals surface area contributed by atoms with Crippen molar-refractivity contribution < 1.29 is 0 Å². The van der Waals surface area contributed by atoms with Gasteiger partial charge >= 0.3 is 0 Å². The van der Waals surface area contributed by atoms with E-state index >= 15 is 0 Å². The van der Waals surface area contributed by atoms with Crippen molar-refractivity contribution in [2.75, 3.05) is 6.54 Å². The highest BCUT2D eigenvalue weighted by molar-refractivity contribution is 5.74. The molecule has 1 N–H and O–H groups in total. The molecule has 0 saturated heterocycles. The second-order valence-corrected chi connectivity index (χ2v) is 6.96. The number of nitrogens with one attached hydrogen (secondary N) is 1. The predicted molar refractivity (Wildman–Crippen MR) is 94.2 cm³/mol. The Morgan fingerprint density at radius 2 is 2.12 bits per heavy atom. The first-order valence-electron chi connectivity index (χ1n) is 8.81. The third-order valence-corrected chi connectivity index (χ3v) is 5.04. The summed E-state index contributed by atoms with van der Waals surface area (Å²) in [5.74, 6) is 1.37. The van der Waals surface area contributed by atoms with Gasteiger partial charge in [-0.25, -0.2) is 15.0 Å². The summed E-state index contributed by atoms with van der Waals surface area (Å²) in [5, 5.41) is 1.04. The summed E-state index contributed by atoms with van der Waals surface area (Å²) >= 11 is 0. The van der Waals surface area contributed by atoms with E-state index in [9.17, 15) is 4.79 Å². The van der Waals surface area contributed by atoms with Crippen LogP contribution in [0.1, 0.15) is 41.5 Å². The highest BCUT2D eigenvalue weighted by Gasteiger charge is 2.29. The van der Waals surface area contributed by atoms with Crippen molar-refractivity contribution in [3.8, 4) is 0 Å². The molecule has 0 aromatic carbocycles. The van der Waals surface area contributed by atoms with Crippen molar-refractivity contribution in [1.29, 1.82) is 0 Å². The smallest absolute Gasteiger partial charge is 0.255 e. The maximum absolute atomic E-state index is 12.4. The summed E-state index contributed by atoms with van der Waals surface area (Å²) in [6, 6.07) is 8.02. The number of nitrogens with zero attached hydrogens (tertiary/aromatic N) is 4. The Bertz CT molecular complexity index is 1010. The summed E-state index contributed by atoms with van der Waals surface area (Å²) < 4.78 is 0. The largest absolute Gasteiger partial charge is 0.310 e. The van der Waals surface area contributed by atoms with Gasteiger partial charge in [0.05, 0.1) is 17.0 Å². The average Bonchev–Trinajstić information content (AvgIpc) is 3.47. The van der Waals surface area contributed by atoms with E-state index in [0.29, 0.717) is 12.5 Å². The molecule has 6 heteroatoms. The molecule has 6 nitrogen and oxygen atoms in total. The fraction of sp³-hybridized carbons (Fsp3) is 0.368. The Morgan fingerprint density at radius 1 is 1.20 bits per heavy atom. The molecule has 3 aromatic rings. The number of hydrogen-bond donors (Lipinski definition) is 1. The molecule has 25 heavy (non-hydrogen) atoms. The van der Waals surface area contributed by atoms with E-state index in [1.54, 1.807) is 6.20 Å². The lowest BCUT2D eigenvalue weighted by Crippen LogP contribution is -2.36. The van der Waals surface area contributed by atoms with Gasteiger partial charge in [-0.2, -0.15) is 0 Å². The van der Waals surface area contributed by atoms with Crippen molar-refractivity contribution in [3.63, 3.8) is 0 Å². The lowest BCUT2D eigenvalue weighted by atomic mass is 10.1. The SMILES string of the molecule is O=c1[nH]c(C2CC2)nc2c1CN(Cc1ccc3cccnc3n1)CC2. The van der Waals surface area contributed by atoms with E-state index in [1.807, 2.05) is 18.2 Å². The molecule has 0 bridgehead atoms. The first kappa shape index (κ1) is 14.7. The molecule has 0 unspecified atom stereocenters. The van der Waals surface area contributed by atoms with Crippen LogP contribution in [0.3, 0.4) is 0 Å². The number of hydrogen-bond acceptors (Lipinski definition) is 5. The lowest BCUT2D eigenvalue weighted by molar-refractivity contribution is 0.239. The van der Waals surface area contributed by atoms with Crippen LogP contribution >= 0.6 is 0 Å². The summed E-state index contributed by atoms with van der Waals surface area (Å²) in [4.78, 5) is 31.4. The van der Waals surface area contributed by atoms with E-state index in [-0.39, 0.29) is 5.56 Å². The maximum atomic E-state index is 12.4. The monoisotopic (exact) mass is 333 g/mol. The number of pyridine rings is 2. The van der Waals surface area contributed by atoms with Crippen LogP contribution in [0, 0.1) is 0 Å². The van der Waals surface area contributed by atoms with Gasteiger partial charge in [0, 0.05) is 43.6 Å². The normalized spacial score (nSPS) is 17.6. The molecular formula is C19H19N5O. The van der Waals surface area contributed by atoms with Crippen molar-refractivity contribution in [2.45, 2.75) is 38.3 Å².